The van der Waals surface area contributed by atoms with Crippen LogP contribution in [0.1, 0.15) is 40.0 Å². The normalized spacial score (nSPS) is 27.3. The molecule has 1 heterocycles. The molecule has 90 valence electrons. The first-order chi connectivity index (χ1) is 7.48. The number of nitrogens with two attached hydrogens (primary N) is 1. The van der Waals surface area contributed by atoms with Gasteiger partial charge in [0.2, 0.25) is 5.84 Å². The summed E-state index contributed by atoms with van der Waals surface area (Å²) < 4.78 is 0. The van der Waals surface area contributed by atoms with Crippen LogP contribution in [0, 0.1) is 11.3 Å². The van der Waals surface area contributed by atoms with Crippen molar-refractivity contribution in [2.24, 2.45) is 17.1 Å². The Bertz CT molecular complexity index is 338. The summed E-state index contributed by atoms with van der Waals surface area (Å²) in [6, 6.07) is -0.532. The van der Waals surface area contributed by atoms with Crippen molar-refractivity contribution < 1.29 is 14.6 Å². The molecule has 0 unspecified atom stereocenters. The van der Waals surface area contributed by atoms with Crippen LogP contribution >= 0.6 is 0 Å². The standard InChI is InChI=1S/C11H19N3O2/c1-4-6-7(3)11(5-2)8(12)13-10(16)14-9(11)15/h7H,4-6H2,1-3H3,(H3,12,13,14,15,16)/p+1/t7-,11+/m0/s1. The van der Waals surface area contributed by atoms with Crippen LogP contribution in [0.2, 0.25) is 0 Å². The molecule has 0 saturated heterocycles. The molecule has 5 heteroatoms. The molecule has 0 aromatic carbocycles. The minimum absolute atomic E-state index is 0.114. The van der Waals surface area contributed by atoms with Crippen molar-refractivity contribution in [3.8, 4) is 0 Å². The number of amides is 3. The van der Waals surface area contributed by atoms with E-state index in [0.717, 1.165) is 12.8 Å². The largest absolute Gasteiger partial charge is 0.440 e. The van der Waals surface area contributed by atoms with Gasteiger partial charge in [-0.15, -0.1) is 0 Å². The van der Waals surface area contributed by atoms with Crippen LogP contribution in [0.4, 0.5) is 4.79 Å². The molecule has 0 spiro atoms. The van der Waals surface area contributed by atoms with E-state index in [2.05, 4.69) is 17.2 Å². The maximum absolute atomic E-state index is 12.0. The molecule has 0 radical (unpaired) electrons. The highest BCUT2D eigenvalue weighted by molar-refractivity contribution is 6.12. The number of hydrogen-bond donors (Lipinski definition) is 3. The average Bonchev–Trinajstić information content (AvgIpc) is 2.18. The van der Waals surface area contributed by atoms with Gasteiger partial charge in [0.25, 0.3) is 5.91 Å². The topological polar surface area (TPSA) is 86.2 Å². The number of imide groups is 1. The van der Waals surface area contributed by atoms with Crippen molar-refractivity contribution in [1.82, 2.24) is 5.32 Å². The summed E-state index contributed by atoms with van der Waals surface area (Å²) >= 11 is 0. The molecular weight excluding hydrogens is 206 g/mol. The first kappa shape index (κ1) is 12.7. The fraction of sp³-hybridized carbons (Fsp3) is 0.727. The van der Waals surface area contributed by atoms with Crippen LogP contribution in [-0.2, 0) is 4.79 Å². The van der Waals surface area contributed by atoms with E-state index in [1.165, 1.54) is 0 Å². The monoisotopic (exact) mass is 226 g/mol. The van der Waals surface area contributed by atoms with Crippen molar-refractivity contribution >= 4 is 17.8 Å². The predicted octanol–water partition coefficient (Wildman–Crippen LogP) is -0.493. The smallest absolute Gasteiger partial charge is 0.321 e. The van der Waals surface area contributed by atoms with E-state index in [4.69, 9.17) is 5.73 Å². The van der Waals surface area contributed by atoms with Crippen LogP contribution in [0.25, 0.3) is 0 Å². The van der Waals surface area contributed by atoms with Crippen molar-refractivity contribution in [1.29, 1.82) is 0 Å². The van der Waals surface area contributed by atoms with Crippen LogP contribution in [0.15, 0.2) is 0 Å². The number of rotatable bonds is 4. The lowest BCUT2D eigenvalue weighted by atomic mass is 9.70. The molecule has 0 bridgehead atoms. The second kappa shape index (κ2) is 4.63. The van der Waals surface area contributed by atoms with Crippen molar-refractivity contribution in [2.75, 3.05) is 0 Å². The van der Waals surface area contributed by atoms with E-state index in [9.17, 15) is 9.59 Å². The van der Waals surface area contributed by atoms with Gasteiger partial charge < -0.3 is 5.73 Å². The zero-order valence-electron chi connectivity index (χ0n) is 10.1. The summed E-state index contributed by atoms with van der Waals surface area (Å²) in [7, 11) is 0. The van der Waals surface area contributed by atoms with Gasteiger partial charge >= 0.3 is 6.03 Å². The second-order valence-electron chi connectivity index (χ2n) is 4.34. The molecule has 0 aliphatic carbocycles. The van der Waals surface area contributed by atoms with Gasteiger partial charge in [0, 0.05) is 0 Å². The van der Waals surface area contributed by atoms with Gasteiger partial charge in [0.1, 0.15) is 0 Å². The van der Waals surface area contributed by atoms with E-state index in [-0.39, 0.29) is 17.7 Å². The van der Waals surface area contributed by atoms with Crippen LogP contribution in [-0.4, -0.2) is 17.8 Å². The van der Waals surface area contributed by atoms with E-state index in [0.29, 0.717) is 6.42 Å². The lowest BCUT2D eigenvalue weighted by Crippen LogP contribution is -2.90. The first-order valence-electron chi connectivity index (χ1n) is 5.74. The Balaban J connectivity index is 3.15. The summed E-state index contributed by atoms with van der Waals surface area (Å²) in [5.74, 6) is 0.116. The lowest BCUT2D eigenvalue weighted by molar-refractivity contribution is -0.355. The minimum Gasteiger partial charge on any atom is -0.321 e. The fourth-order valence-corrected chi connectivity index (χ4v) is 2.47. The van der Waals surface area contributed by atoms with Gasteiger partial charge in [0.15, 0.2) is 5.41 Å². The van der Waals surface area contributed by atoms with Crippen molar-refractivity contribution in [3.63, 3.8) is 0 Å². The van der Waals surface area contributed by atoms with Gasteiger partial charge in [-0.3, -0.25) is 4.79 Å². The lowest BCUT2D eigenvalue weighted by Gasteiger charge is -2.34. The summed E-state index contributed by atoms with van der Waals surface area (Å²) in [6.07, 6.45) is 2.47. The molecule has 2 atom stereocenters. The van der Waals surface area contributed by atoms with Gasteiger partial charge in [0.05, 0.1) is 0 Å². The van der Waals surface area contributed by atoms with Crippen LogP contribution in [0.3, 0.4) is 0 Å². The molecule has 1 aliphatic rings. The summed E-state index contributed by atoms with van der Waals surface area (Å²) in [4.78, 5) is 25.7. The number of hydrogen-bond acceptors (Lipinski definition) is 3. The zero-order valence-corrected chi connectivity index (χ0v) is 10.1. The number of nitrogens with one attached hydrogen (secondary N) is 2. The molecule has 16 heavy (non-hydrogen) atoms. The SMILES string of the molecule is CCC[C@H](C)[C@@]1(CC)C(=O)NC(=O)[NH+]=C1N. The van der Waals surface area contributed by atoms with E-state index < -0.39 is 11.4 Å². The Kier molecular flexibility index (Phi) is 3.67. The number of amidine groups is 1. The Morgan fingerprint density at radius 1 is 1.44 bits per heavy atom. The average molecular weight is 226 g/mol. The number of urea groups is 1. The first-order valence-corrected chi connectivity index (χ1v) is 5.74. The Hall–Kier alpha value is -1.39. The minimum atomic E-state index is -0.760. The molecule has 4 N–H and O–H groups in total. The quantitative estimate of drug-likeness (QED) is 0.604. The number of carbonyl (C=O) groups is 2. The van der Waals surface area contributed by atoms with Crippen LogP contribution in [0.5, 0.6) is 0 Å². The molecule has 5 nitrogen and oxygen atoms in total. The molecule has 0 aromatic rings. The summed E-state index contributed by atoms with van der Waals surface area (Å²) in [6.45, 7) is 5.97. The van der Waals surface area contributed by atoms with E-state index in [1.54, 1.807) is 0 Å². The Labute approximate surface area is 95.5 Å². The van der Waals surface area contributed by atoms with Gasteiger partial charge in [-0.05, 0) is 18.8 Å². The van der Waals surface area contributed by atoms with Gasteiger partial charge in [-0.1, -0.05) is 27.2 Å². The molecule has 3 amide bonds. The van der Waals surface area contributed by atoms with E-state index in [1.807, 2.05) is 13.8 Å². The molecule has 0 saturated carbocycles. The van der Waals surface area contributed by atoms with Crippen LogP contribution < -0.4 is 16.0 Å². The third kappa shape index (κ3) is 1.81. The third-order valence-electron chi connectivity index (χ3n) is 3.48. The molecule has 1 rings (SSSR count). The molecule has 0 fully saturated rings. The van der Waals surface area contributed by atoms with E-state index >= 15 is 0 Å². The second-order valence-corrected chi connectivity index (χ2v) is 4.34. The maximum atomic E-state index is 12.0. The fourth-order valence-electron chi connectivity index (χ4n) is 2.47. The Morgan fingerprint density at radius 3 is 2.50 bits per heavy atom. The Morgan fingerprint density at radius 2 is 2.06 bits per heavy atom. The highest BCUT2D eigenvalue weighted by Crippen LogP contribution is 2.34. The molecular formula is C11H20N3O2+. The predicted molar refractivity (Wildman–Crippen MR) is 60.5 cm³/mol. The number of carbonyl (C=O) groups excluding carboxylic acids is 2. The maximum Gasteiger partial charge on any atom is 0.440 e. The molecule has 0 aromatic heterocycles. The van der Waals surface area contributed by atoms with Crippen molar-refractivity contribution in [3.05, 3.63) is 0 Å². The highest BCUT2D eigenvalue weighted by Gasteiger charge is 2.52. The zero-order chi connectivity index (χ0) is 12.3. The third-order valence-corrected chi connectivity index (χ3v) is 3.48. The van der Waals surface area contributed by atoms with Gasteiger partial charge in [-0.2, -0.15) is 0 Å². The summed E-state index contributed by atoms with van der Waals surface area (Å²) in [5, 5.41) is 2.30. The highest BCUT2D eigenvalue weighted by atomic mass is 16.2. The molecule has 1 aliphatic heterocycles. The van der Waals surface area contributed by atoms with Crippen molar-refractivity contribution in [2.45, 2.75) is 40.0 Å². The van der Waals surface area contributed by atoms with Gasteiger partial charge in [-0.25, -0.2) is 15.1 Å². The summed E-state index contributed by atoms with van der Waals surface area (Å²) in [5.41, 5.74) is 5.10.